The first-order valence-electron chi connectivity index (χ1n) is 10.7. The van der Waals surface area contributed by atoms with Crippen molar-refractivity contribution in [1.29, 1.82) is 0 Å². The van der Waals surface area contributed by atoms with E-state index in [0.29, 0.717) is 36.0 Å². The predicted molar refractivity (Wildman–Crippen MR) is 127 cm³/mol. The third-order valence-electron chi connectivity index (χ3n) is 4.77. The zero-order valence-corrected chi connectivity index (χ0v) is 18.4. The predicted octanol–water partition coefficient (Wildman–Crippen LogP) is 6.57. The van der Waals surface area contributed by atoms with Gasteiger partial charge in [0, 0.05) is 11.3 Å². The van der Waals surface area contributed by atoms with Gasteiger partial charge in [-0.25, -0.2) is 0 Å². The molecule has 0 saturated carbocycles. The maximum absolute atomic E-state index is 13.0. The Morgan fingerprint density at radius 3 is 2.32 bits per heavy atom. The fourth-order valence-corrected chi connectivity index (χ4v) is 3.05. The summed E-state index contributed by atoms with van der Waals surface area (Å²) in [4.78, 5) is 13.0. The van der Waals surface area contributed by atoms with Crippen LogP contribution in [-0.4, -0.2) is 19.1 Å². The maximum Gasteiger partial charge on any atom is 0.255 e. The second kappa shape index (κ2) is 11.1. The Balaban J connectivity index is 1.76. The van der Waals surface area contributed by atoms with E-state index >= 15 is 0 Å². The lowest BCUT2D eigenvalue weighted by atomic mass is 10.1. The average Bonchev–Trinajstić information content (AvgIpc) is 2.78. The van der Waals surface area contributed by atoms with Crippen molar-refractivity contribution in [3.05, 3.63) is 77.9 Å². The van der Waals surface area contributed by atoms with Gasteiger partial charge < -0.3 is 20.1 Å². The van der Waals surface area contributed by atoms with Crippen LogP contribution in [0.4, 0.5) is 17.1 Å². The highest BCUT2D eigenvalue weighted by Crippen LogP contribution is 2.30. The summed E-state index contributed by atoms with van der Waals surface area (Å²) in [5, 5.41) is 6.37. The Morgan fingerprint density at radius 2 is 1.61 bits per heavy atom. The summed E-state index contributed by atoms with van der Waals surface area (Å²) in [5.74, 6) is 1.03. The molecular weight excluding hydrogens is 388 g/mol. The number of nitrogens with one attached hydrogen (secondary N) is 2. The molecule has 0 saturated heterocycles. The molecular formula is C26H30N2O3. The molecule has 5 heteroatoms. The monoisotopic (exact) mass is 418 g/mol. The Morgan fingerprint density at radius 1 is 0.871 bits per heavy atom. The van der Waals surface area contributed by atoms with Crippen molar-refractivity contribution in [1.82, 2.24) is 0 Å². The minimum absolute atomic E-state index is 0.209. The lowest BCUT2D eigenvalue weighted by molar-refractivity contribution is 0.102. The summed E-state index contributed by atoms with van der Waals surface area (Å²) in [5.41, 5.74) is 4.19. The van der Waals surface area contributed by atoms with Crippen LogP contribution in [0.2, 0.25) is 0 Å². The molecule has 0 aliphatic rings. The number of ether oxygens (including phenoxy) is 2. The molecule has 162 valence electrons. The largest absolute Gasteiger partial charge is 0.490 e. The Kier molecular flexibility index (Phi) is 7.93. The van der Waals surface area contributed by atoms with Crippen molar-refractivity contribution in [2.45, 2.75) is 33.6 Å². The first kappa shape index (κ1) is 22.2. The van der Waals surface area contributed by atoms with E-state index < -0.39 is 0 Å². The number of amides is 1. The van der Waals surface area contributed by atoms with Crippen LogP contribution >= 0.6 is 0 Å². The number of aryl methyl sites for hydroxylation is 1. The smallest absolute Gasteiger partial charge is 0.255 e. The van der Waals surface area contributed by atoms with E-state index in [-0.39, 0.29) is 5.91 Å². The molecule has 5 nitrogen and oxygen atoms in total. The molecule has 3 rings (SSSR count). The molecule has 0 radical (unpaired) electrons. The maximum atomic E-state index is 13.0. The van der Waals surface area contributed by atoms with Crippen LogP contribution in [0, 0.1) is 6.92 Å². The molecule has 0 spiro atoms. The van der Waals surface area contributed by atoms with Crippen molar-refractivity contribution >= 4 is 23.0 Å². The third-order valence-corrected chi connectivity index (χ3v) is 4.77. The third kappa shape index (κ3) is 6.25. The minimum atomic E-state index is -0.209. The van der Waals surface area contributed by atoms with Crippen LogP contribution in [0.25, 0.3) is 0 Å². The molecule has 1 amide bonds. The molecule has 31 heavy (non-hydrogen) atoms. The average molecular weight is 419 g/mol. The van der Waals surface area contributed by atoms with Crippen molar-refractivity contribution in [3.8, 4) is 11.5 Å². The van der Waals surface area contributed by atoms with Gasteiger partial charge in [0.15, 0.2) is 11.5 Å². The van der Waals surface area contributed by atoms with Gasteiger partial charge in [-0.3, -0.25) is 4.79 Å². The first-order chi connectivity index (χ1) is 15.1. The number of rotatable bonds is 10. The van der Waals surface area contributed by atoms with Crippen molar-refractivity contribution in [2.24, 2.45) is 0 Å². The molecule has 0 fully saturated rings. The summed E-state index contributed by atoms with van der Waals surface area (Å²) < 4.78 is 11.5. The van der Waals surface area contributed by atoms with Crippen LogP contribution in [0.3, 0.4) is 0 Å². The van der Waals surface area contributed by atoms with Crippen LogP contribution in [0.15, 0.2) is 66.7 Å². The molecule has 0 bridgehead atoms. The number of unbranched alkanes of at least 4 members (excludes halogenated alkanes) is 1. The van der Waals surface area contributed by atoms with E-state index in [1.165, 1.54) is 5.56 Å². The van der Waals surface area contributed by atoms with E-state index in [9.17, 15) is 4.79 Å². The summed E-state index contributed by atoms with van der Waals surface area (Å²) in [7, 11) is 0. The van der Waals surface area contributed by atoms with Crippen molar-refractivity contribution in [2.75, 3.05) is 23.8 Å². The standard InChI is InChI=1S/C26H30N2O3/c1-4-6-17-31-24-16-13-20(18-25(24)30-5-2)26(29)28-23-10-8-7-9-22(23)27-21-14-11-19(3)12-15-21/h7-16,18,27H,4-6,17H2,1-3H3,(H,28,29). The normalized spacial score (nSPS) is 10.4. The van der Waals surface area contributed by atoms with Gasteiger partial charge in [-0.15, -0.1) is 0 Å². The number of carbonyl (C=O) groups is 1. The number of benzene rings is 3. The lowest BCUT2D eigenvalue weighted by Crippen LogP contribution is -2.13. The van der Waals surface area contributed by atoms with Crippen molar-refractivity contribution < 1.29 is 14.3 Å². The Labute approximate surface area is 184 Å². The van der Waals surface area contributed by atoms with E-state index in [1.807, 2.05) is 55.5 Å². The Hall–Kier alpha value is -3.47. The van der Waals surface area contributed by atoms with Gasteiger partial charge in [0.05, 0.1) is 24.6 Å². The van der Waals surface area contributed by atoms with Gasteiger partial charge in [-0.1, -0.05) is 43.2 Å². The molecule has 0 heterocycles. The zero-order valence-electron chi connectivity index (χ0n) is 18.4. The Bertz CT molecular complexity index is 1000. The number of para-hydroxylation sites is 2. The summed E-state index contributed by atoms with van der Waals surface area (Å²) in [6.45, 7) is 7.20. The quantitative estimate of drug-likeness (QED) is 0.366. The van der Waals surface area contributed by atoms with Crippen LogP contribution in [0.5, 0.6) is 11.5 Å². The van der Waals surface area contributed by atoms with Gasteiger partial charge in [0.25, 0.3) is 5.91 Å². The number of carbonyl (C=O) groups excluding carboxylic acids is 1. The molecule has 0 unspecified atom stereocenters. The summed E-state index contributed by atoms with van der Waals surface area (Å²) >= 11 is 0. The highest BCUT2D eigenvalue weighted by molar-refractivity contribution is 6.06. The fourth-order valence-electron chi connectivity index (χ4n) is 3.05. The van der Waals surface area contributed by atoms with Gasteiger partial charge in [-0.05, 0) is 62.7 Å². The topological polar surface area (TPSA) is 59.6 Å². The van der Waals surface area contributed by atoms with Gasteiger partial charge in [0.1, 0.15) is 0 Å². The van der Waals surface area contributed by atoms with E-state index in [2.05, 4.69) is 24.5 Å². The molecule has 0 atom stereocenters. The van der Waals surface area contributed by atoms with Crippen molar-refractivity contribution in [3.63, 3.8) is 0 Å². The molecule has 0 aliphatic carbocycles. The van der Waals surface area contributed by atoms with Gasteiger partial charge in [-0.2, -0.15) is 0 Å². The SMILES string of the molecule is CCCCOc1ccc(C(=O)Nc2ccccc2Nc2ccc(C)cc2)cc1OCC. The molecule has 3 aromatic carbocycles. The highest BCUT2D eigenvalue weighted by atomic mass is 16.5. The molecule has 0 aliphatic heterocycles. The molecule has 3 aromatic rings. The summed E-state index contributed by atoms with van der Waals surface area (Å²) in [6.07, 6.45) is 2.03. The van der Waals surface area contributed by atoms with Crippen LogP contribution in [0.1, 0.15) is 42.6 Å². The minimum Gasteiger partial charge on any atom is -0.490 e. The lowest BCUT2D eigenvalue weighted by Gasteiger charge is -2.15. The number of anilines is 3. The van der Waals surface area contributed by atoms with E-state index in [0.717, 1.165) is 24.2 Å². The second-order valence-corrected chi connectivity index (χ2v) is 7.29. The molecule has 2 N–H and O–H groups in total. The number of hydrogen-bond donors (Lipinski definition) is 2. The first-order valence-corrected chi connectivity index (χ1v) is 10.7. The second-order valence-electron chi connectivity index (χ2n) is 7.29. The van der Waals surface area contributed by atoms with Crippen LogP contribution in [-0.2, 0) is 0 Å². The summed E-state index contributed by atoms with van der Waals surface area (Å²) in [6, 6.07) is 21.0. The van der Waals surface area contributed by atoms with E-state index in [4.69, 9.17) is 9.47 Å². The van der Waals surface area contributed by atoms with Crippen LogP contribution < -0.4 is 20.1 Å². The van der Waals surface area contributed by atoms with Gasteiger partial charge >= 0.3 is 0 Å². The highest BCUT2D eigenvalue weighted by Gasteiger charge is 2.13. The fraction of sp³-hybridized carbons (Fsp3) is 0.269. The molecule has 0 aromatic heterocycles. The van der Waals surface area contributed by atoms with E-state index in [1.54, 1.807) is 18.2 Å². The number of hydrogen-bond acceptors (Lipinski definition) is 4. The zero-order chi connectivity index (χ0) is 22.1. The van der Waals surface area contributed by atoms with Gasteiger partial charge in [0.2, 0.25) is 0 Å².